The summed E-state index contributed by atoms with van der Waals surface area (Å²) in [7, 11) is 1.80. The summed E-state index contributed by atoms with van der Waals surface area (Å²) in [6.07, 6.45) is 0. The van der Waals surface area contributed by atoms with Crippen LogP contribution in [0.25, 0.3) is 11.5 Å². The highest BCUT2D eigenvalue weighted by Crippen LogP contribution is 2.25. The molecule has 0 spiro atoms. The topological polar surface area (TPSA) is 71.3 Å². The van der Waals surface area contributed by atoms with E-state index in [9.17, 15) is 4.79 Å². The van der Waals surface area contributed by atoms with Crippen LogP contribution in [0, 0.1) is 6.92 Å². The molecule has 140 valence electrons. The van der Waals surface area contributed by atoms with Gasteiger partial charge in [-0.25, -0.2) is 0 Å². The van der Waals surface area contributed by atoms with Gasteiger partial charge < -0.3 is 9.73 Å². The number of hydrogen-bond acceptors (Lipinski definition) is 5. The van der Waals surface area contributed by atoms with Crippen molar-refractivity contribution in [3.8, 4) is 11.5 Å². The Balaban J connectivity index is 1.55. The van der Waals surface area contributed by atoms with Crippen molar-refractivity contribution in [2.75, 3.05) is 18.9 Å². The lowest BCUT2D eigenvalue weighted by Gasteiger charge is -2.14. The average molecular weight is 405 g/mol. The lowest BCUT2D eigenvalue weighted by atomic mass is 10.1. The molecule has 27 heavy (non-hydrogen) atoms. The Hall–Kier alpha value is -2.41. The molecule has 0 aliphatic heterocycles. The van der Waals surface area contributed by atoms with Gasteiger partial charge in [0.2, 0.25) is 17.7 Å². The maximum atomic E-state index is 12.2. The van der Waals surface area contributed by atoms with Crippen LogP contribution >= 0.6 is 23.2 Å². The summed E-state index contributed by atoms with van der Waals surface area (Å²) in [6, 6.07) is 12.8. The number of anilines is 1. The molecular weight excluding hydrogens is 387 g/mol. The van der Waals surface area contributed by atoms with E-state index in [-0.39, 0.29) is 12.5 Å². The molecule has 0 radical (unpaired) electrons. The van der Waals surface area contributed by atoms with Crippen LogP contribution in [0.15, 0.2) is 46.9 Å². The number of aromatic nitrogens is 2. The van der Waals surface area contributed by atoms with E-state index < -0.39 is 0 Å². The van der Waals surface area contributed by atoms with Gasteiger partial charge in [-0.3, -0.25) is 9.69 Å². The third-order valence-corrected chi connectivity index (χ3v) is 4.53. The molecule has 0 aliphatic carbocycles. The fourth-order valence-electron chi connectivity index (χ4n) is 2.44. The minimum Gasteiger partial charge on any atom is -0.419 e. The van der Waals surface area contributed by atoms with E-state index in [2.05, 4.69) is 15.5 Å². The quantitative estimate of drug-likeness (QED) is 0.657. The van der Waals surface area contributed by atoms with Gasteiger partial charge in [-0.15, -0.1) is 10.2 Å². The van der Waals surface area contributed by atoms with Crippen LogP contribution in [0.3, 0.4) is 0 Å². The Kier molecular flexibility index (Phi) is 6.11. The van der Waals surface area contributed by atoms with Crippen LogP contribution in [0.2, 0.25) is 10.0 Å². The van der Waals surface area contributed by atoms with Crippen molar-refractivity contribution < 1.29 is 9.21 Å². The predicted molar refractivity (Wildman–Crippen MR) is 106 cm³/mol. The minimum atomic E-state index is -0.186. The van der Waals surface area contributed by atoms with Gasteiger partial charge in [0.15, 0.2) is 0 Å². The fraction of sp³-hybridized carbons (Fsp3) is 0.211. The van der Waals surface area contributed by atoms with E-state index >= 15 is 0 Å². The average Bonchev–Trinajstić information content (AvgIpc) is 3.07. The second kappa shape index (κ2) is 8.52. The first-order chi connectivity index (χ1) is 12.9. The van der Waals surface area contributed by atoms with Crippen molar-refractivity contribution in [2.45, 2.75) is 13.5 Å². The van der Waals surface area contributed by atoms with E-state index in [0.717, 1.165) is 11.1 Å². The van der Waals surface area contributed by atoms with Crippen LogP contribution in [-0.4, -0.2) is 34.6 Å². The summed E-state index contributed by atoms with van der Waals surface area (Å²) in [5, 5.41) is 11.7. The summed E-state index contributed by atoms with van der Waals surface area (Å²) < 4.78 is 5.68. The Morgan fingerprint density at radius 3 is 2.56 bits per heavy atom. The molecule has 0 atom stereocenters. The summed E-state index contributed by atoms with van der Waals surface area (Å²) in [5.41, 5.74) is 2.60. The molecule has 0 fully saturated rings. The van der Waals surface area contributed by atoms with Crippen LogP contribution in [0.1, 0.15) is 11.5 Å². The fourth-order valence-corrected chi connectivity index (χ4v) is 2.73. The Labute approximate surface area is 167 Å². The molecule has 0 saturated heterocycles. The van der Waals surface area contributed by atoms with Crippen molar-refractivity contribution in [3.05, 3.63) is 64.0 Å². The molecule has 0 unspecified atom stereocenters. The van der Waals surface area contributed by atoms with Crippen molar-refractivity contribution in [3.63, 3.8) is 0 Å². The summed E-state index contributed by atoms with van der Waals surface area (Å²) in [6.45, 7) is 2.52. The van der Waals surface area contributed by atoms with Gasteiger partial charge in [-0.1, -0.05) is 40.9 Å². The van der Waals surface area contributed by atoms with Crippen molar-refractivity contribution in [1.29, 1.82) is 0 Å². The lowest BCUT2D eigenvalue weighted by molar-refractivity contribution is -0.117. The molecule has 1 N–H and O–H groups in total. The van der Waals surface area contributed by atoms with E-state index in [0.29, 0.717) is 34.1 Å². The predicted octanol–water partition coefficient (Wildman–Crippen LogP) is 4.42. The monoisotopic (exact) mass is 404 g/mol. The smallest absolute Gasteiger partial charge is 0.247 e. The second-order valence-electron chi connectivity index (χ2n) is 6.22. The van der Waals surface area contributed by atoms with Crippen LogP contribution in [0.4, 0.5) is 5.69 Å². The van der Waals surface area contributed by atoms with E-state index in [1.807, 2.05) is 31.2 Å². The van der Waals surface area contributed by atoms with E-state index in [1.165, 1.54) is 0 Å². The Morgan fingerprint density at radius 1 is 1.11 bits per heavy atom. The van der Waals surface area contributed by atoms with Crippen molar-refractivity contribution >= 4 is 34.8 Å². The third kappa shape index (κ3) is 5.29. The van der Waals surface area contributed by atoms with Crippen LogP contribution in [-0.2, 0) is 11.3 Å². The van der Waals surface area contributed by atoms with Gasteiger partial charge in [0.25, 0.3) is 0 Å². The Morgan fingerprint density at radius 2 is 1.85 bits per heavy atom. The third-order valence-electron chi connectivity index (χ3n) is 3.79. The number of hydrogen-bond donors (Lipinski definition) is 1. The summed E-state index contributed by atoms with van der Waals surface area (Å²) in [4.78, 5) is 13.9. The first-order valence-electron chi connectivity index (χ1n) is 8.23. The molecule has 8 heteroatoms. The second-order valence-corrected chi connectivity index (χ2v) is 7.03. The number of carbonyl (C=O) groups excluding carboxylic acids is 1. The van der Waals surface area contributed by atoms with E-state index in [1.54, 1.807) is 30.1 Å². The summed E-state index contributed by atoms with van der Waals surface area (Å²) in [5.74, 6) is 0.711. The number of benzene rings is 2. The molecule has 0 bridgehead atoms. The highest BCUT2D eigenvalue weighted by molar-refractivity contribution is 6.42. The number of halogens is 2. The lowest BCUT2D eigenvalue weighted by Crippen LogP contribution is -2.29. The number of nitrogens with zero attached hydrogens (tertiary/aromatic N) is 3. The molecule has 3 rings (SSSR count). The van der Waals surface area contributed by atoms with Gasteiger partial charge in [0.1, 0.15) is 0 Å². The molecule has 2 aromatic carbocycles. The number of amides is 1. The SMILES string of the molecule is Cc1ccc(-c2nnc(CN(C)CC(=O)Nc3ccc(Cl)c(Cl)c3)o2)cc1. The standard InChI is InChI=1S/C19H18Cl2N4O2/c1-12-3-5-13(6-4-12)19-24-23-18(27-19)11-25(2)10-17(26)22-14-7-8-15(20)16(21)9-14/h3-9H,10-11H2,1-2H3,(H,22,26). The molecule has 0 saturated carbocycles. The zero-order valence-corrected chi connectivity index (χ0v) is 16.4. The van der Waals surface area contributed by atoms with Gasteiger partial charge in [-0.05, 0) is 44.3 Å². The van der Waals surface area contributed by atoms with Gasteiger partial charge in [0.05, 0.1) is 23.1 Å². The molecule has 1 heterocycles. The van der Waals surface area contributed by atoms with Gasteiger partial charge in [0, 0.05) is 11.3 Å². The number of aryl methyl sites for hydroxylation is 1. The molecule has 1 amide bonds. The van der Waals surface area contributed by atoms with Gasteiger partial charge >= 0.3 is 0 Å². The maximum absolute atomic E-state index is 12.2. The number of likely N-dealkylation sites (N-methyl/N-ethyl adjacent to an activating group) is 1. The Bertz CT molecular complexity index is 941. The van der Waals surface area contributed by atoms with Crippen LogP contribution < -0.4 is 5.32 Å². The largest absolute Gasteiger partial charge is 0.419 e. The molecular formula is C19H18Cl2N4O2. The van der Waals surface area contributed by atoms with Crippen LogP contribution in [0.5, 0.6) is 0 Å². The minimum absolute atomic E-state index is 0.155. The molecule has 6 nitrogen and oxygen atoms in total. The van der Waals surface area contributed by atoms with Gasteiger partial charge in [-0.2, -0.15) is 0 Å². The summed E-state index contributed by atoms with van der Waals surface area (Å²) >= 11 is 11.8. The number of carbonyl (C=O) groups is 1. The highest BCUT2D eigenvalue weighted by atomic mass is 35.5. The van der Waals surface area contributed by atoms with Crippen molar-refractivity contribution in [1.82, 2.24) is 15.1 Å². The number of rotatable bonds is 6. The highest BCUT2D eigenvalue weighted by Gasteiger charge is 2.13. The first-order valence-corrected chi connectivity index (χ1v) is 8.99. The molecule has 1 aromatic heterocycles. The molecule has 3 aromatic rings. The van der Waals surface area contributed by atoms with Crippen molar-refractivity contribution in [2.24, 2.45) is 0 Å². The molecule has 0 aliphatic rings. The maximum Gasteiger partial charge on any atom is 0.247 e. The van der Waals surface area contributed by atoms with E-state index in [4.69, 9.17) is 27.6 Å². The zero-order chi connectivity index (χ0) is 19.4. The normalized spacial score (nSPS) is 11.0. The number of nitrogens with one attached hydrogen (secondary N) is 1. The first kappa shape index (κ1) is 19.4. The zero-order valence-electron chi connectivity index (χ0n) is 14.9.